The number of fused-ring (bicyclic) bond motifs is 3. The third kappa shape index (κ3) is 0.908. The van der Waals surface area contributed by atoms with Gasteiger partial charge in [-0.3, -0.25) is 0 Å². The van der Waals surface area contributed by atoms with E-state index in [1.807, 2.05) is 0 Å². The number of piperidine rings is 1. The Labute approximate surface area is 94.8 Å². The van der Waals surface area contributed by atoms with Crippen LogP contribution in [0.25, 0.3) is 0 Å². The summed E-state index contributed by atoms with van der Waals surface area (Å²) in [6.45, 7) is 1.24. The van der Waals surface area contributed by atoms with Gasteiger partial charge in [-0.2, -0.15) is 0 Å². The lowest BCUT2D eigenvalue weighted by molar-refractivity contribution is -0.937. The average molecular weight is 218 g/mol. The van der Waals surface area contributed by atoms with Gasteiger partial charge in [-0.05, 0) is 18.9 Å². The van der Waals surface area contributed by atoms with Gasteiger partial charge in [0, 0.05) is 18.1 Å². The molecule has 4 aliphatic rings. The molecule has 0 saturated carbocycles. The topological polar surface area (TPSA) is 30.7 Å². The second-order valence-electron chi connectivity index (χ2n) is 5.45. The third-order valence-corrected chi connectivity index (χ3v) is 4.77. The number of carbonyl (C=O) groups excluding carboxylic acids is 1. The van der Waals surface area contributed by atoms with Crippen molar-refractivity contribution in [1.82, 2.24) is 0 Å². The molecule has 2 saturated heterocycles. The summed E-state index contributed by atoms with van der Waals surface area (Å²) >= 11 is 0. The molecule has 2 fully saturated rings. The maximum atomic E-state index is 11.5. The van der Waals surface area contributed by atoms with Crippen molar-refractivity contribution in [3.8, 4) is 0 Å². The van der Waals surface area contributed by atoms with E-state index in [1.165, 1.54) is 25.8 Å². The highest BCUT2D eigenvalue weighted by Gasteiger charge is 2.63. The van der Waals surface area contributed by atoms with Crippen LogP contribution in [0.15, 0.2) is 23.8 Å². The van der Waals surface area contributed by atoms with Gasteiger partial charge in [0.25, 0.3) is 0 Å². The number of esters is 1. The van der Waals surface area contributed by atoms with Crippen molar-refractivity contribution in [3.05, 3.63) is 23.8 Å². The number of hydrogen-bond donors (Lipinski definition) is 1. The summed E-state index contributed by atoms with van der Waals surface area (Å²) in [6, 6.07) is 1.09. The molecule has 4 unspecified atom stereocenters. The number of rotatable bonds is 0. The van der Waals surface area contributed by atoms with Crippen LogP contribution in [-0.4, -0.2) is 30.2 Å². The molecular weight excluding hydrogens is 202 g/mol. The minimum absolute atomic E-state index is 0.132. The van der Waals surface area contributed by atoms with Crippen molar-refractivity contribution in [3.63, 3.8) is 0 Å². The predicted molar refractivity (Wildman–Crippen MR) is 57.9 cm³/mol. The number of hydrogen-bond acceptors (Lipinski definition) is 2. The highest BCUT2D eigenvalue weighted by Crippen LogP contribution is 2.43. The molecule has 3 heteroatoms. The Morgan fingerprint density at radius 1 is 1.44 bits per heavy atom. The van der Waals surface area contributed by atoms with Gasteiger partial charge in [-0.15, -0.1) is 0 Å². The van der Waals surface area contributed by atoms with E-state index in [9.17, 15) is 4.79 Å². The van der Waals surface area contributed by atoms with E-state index in [0.29, 0.717) is 12.1 Å². The van der Waals surface area contributed by atoms with E-state index in [0.717, 1.165) is 12.0 Å². The Hall–Kier alpha value is -1.09. The molecule has 0 aromatic rings. The van der Waals surface area contributed by atoms with E-state index in [2.05, 4.69) is 12.2 Å². The Bertz CT molecular complexity index is 426. The summed E-state index contributed by atoms with van der Waals surface area (Å²) in [4.78, 5) is 13.2. The lowest BCUT2D eigenvalue weighted by Crippen LogP contribution is -3.18. The standard InChI is InChI=1S/C13H15NO2/c15-12-7-9-4-5-10-8-13(9,16-12)11-3-1-2-6-14(10)11/h4-5,7,10-11H,1-3,6,8H2/p+1. The van der Waals surface area contributed by atoms with E-state index in [-0.39, 0.29) is 11.6 Å². The molecule has 3 nitrogen and oxygen atoms in total. The molecule has 0 aromatic carbocycles. The molecule has 2 bridgehead atoms. The SMILES string of the molecule is O=C1C=C2C=CC3CC2(O1)C1CCCC[NH+]31. The van der Waals surface area contributed by atoms with Crippen molar-refractivity contribution in [2.24, 2.45) is 0 Å². The molecule has 1 N–H and O–H groups in total. The lowest BCUT2D eigenvalue weighted by Gasteiger charge is -2.34. The van der Waals surface area contributed by atoms with Crippen molar-refractivity contribution in [2.45, 2.75) is 43.4 Å². The van der Waals surface area contributed by atoms with Crippen molar-refractivity contribution < 1.29 is 14.4 Å². The van der Waals surface area contributed by atoms with Crippen molar-refractivity contribution in [2.75, 3.05) is 6.54 Å². The number of nitrogens with one attached hydrogen (secondary N) is 1. The summed E-state index contributed by atoms with van der Waals surface area (Å²) in [7, 11) is 0. The number of quaternary nitrogens is 1. The van der Waals surface area contributed by atoms with Gasteiger partial charge >= 0.3 is 5.97 Å². The summed E-state index contributed by atoms with van der Waals surface area (Å²) in [5.74, 6) is -0.132. The zero-order valence-corrected chi connectivity index (χ0v) is 9.24. The maximum Gasteiger partial charge on any atom is 0.332 e. The molecule has 0 radical (unpaired) electrons. The van der Waals surface area contributed by atoms with Gasteiger partial charge in [0.1, 0.15) is 12.1 Å². The first-order valence-corrected chi connectivity index (χ1v) is 6.28. The van der Waals surface area contributed by atoms with Crippen molar-refractivity contribution >= 4 is 5.97 Å². The van der Waals surface area contributed by atoms with Crippen LogP contribution in [0.3, 0.4) is 0 Å². The zero-order chi connectivity index (χ0) is 10.8. The van der Waals surface area contributed by atoms with Gasteiger partial charge in [0.05, 0.1) is 13.0 Å². The first-order valence-electron chi connectivity index (χ1n) is 6.28. The van der Waals surface area contributed by atoms with E-state index < -0.39 is 0 Å². The van der Waals surface area contributed by atoms with Gasteiger partial charge < -0.3 is 9.64 Å². The van der Waals surface area contributed by atoms with E-state index in [4.69, 9.17) is 4.74 Å². The fourth-order valence-electron chi connectivity index (χ4n) is 4.16. The van der Waals surface area contributed by atoms with Crippen molar-refractivity contribution in [1.29, 1.82) is 0 Å². The molecule has 1 spiro atoms. The molecule has 0 amide bonds. The zero-order valence-electron chi connectivity index (χ0n) is 9.24. The fraction of sp³-hybridized carbons (Fsp3) is 0.615. The smallest absolute Gasteiger partial charge is 0.332 e. The fourth-order valence-corrected chi connectivity index (χ4v) is 4.16. The second kappa shape index (κ2) is 2.77. The summed E-state index contributed by atoms with van der Waals surface area (Å²) in [6.07, 6.45) is 10.9. The number of ether oxygens (including phenoxy) is 1. The summed E-state index contributed by atoms with van der Waals surface area (Å²) < 4.78 is 5.71. The minimum Gasteiger partial charge on any atom is -0.444 e. The minimum atomic E-state index is -0.244. The average Bonchev–Trinajstić information content (AvgIpc) is 2.76. The number of carbonyl (C=O) groups is 1. The Kier molecular flexibility index (Phi) is 1.56. The maximum absolute atomic E-state index is 11.5. The Morgan fingerprint density at radius 2 is 2.38 bits per heavy atom. The van der Waals surface area contributed by atoms with Crippen LogP contribution in [0, 0.1) is 0 Å². The normalized spacial score (nSPS) is 48.4. The second-order valence-corrected chi connectivity index (χ2v) is 5.45. The van der Waals surface area contributed by atoms with Crippen LogP contribution in [0.4, 0.5) is 0 Å². The molecule has 1 aliphatic carbocycles. The molecule has 84 valence electrons. The molecule has 4 rings (SSSR count). The first-order chi connectivity index (χ1) is 7.79. The summed E-state index contributed by atoms with van der Waals surface area (Å²) in [5, 5.41) is 0. The van der Waals surface area contributed by atoms with Crippen LogP contribution in [0.1, 0.15) is 25.7 Å². The molecule has 4 atom stereocenters. The Morgan fingerprint density at radius 3 is 3.31 bits per heavy atom. The largest absolute Gasteiger partial charge is 0.444 e. The van der Waals surface area contributed by atoms with Crippen LogP contribution < -0.4 is 4.90 Å². The molecule has 0 aromatic heterocycles. The molecule has 3 heterocycles. The molecule has 3 aliphatic heterocycles. The Balaban J connectivity index is 1.84. The molecular formula is C13H16NO2+. The van der Waals surface area contributed by atoms with Gasteiger partial charge in [-0.25, -0.2) is 4.79 Å². The van der Waals surface area contributed by atoms with Gasteiger partial charge in [0.2, 0.25) is 0 Å². The quantitative estimate of drug-likeness (QED) is 0.580. The van der Waals surface area contributed by atoms with Crippen LogP contribution in [0.5, 0.6) is 0 Å². The predicted octanol–water partition coefficient (Wildman–Crippen LogP) is -0.0121. The van der Waals surface area contributed by atoms with Gasteiger partial charge in [0.15, 0.2) is 5.60 Å². The van der Waals surface area contributed by atoms with Crippen LogP contribution in [-0.2, 0) is 9.53 Å². The molecule has 16 heavy (non-hydrogen) atoms. The highest BCUT2D eigenvalue weighted by molar-refractivity contribution is 5.88. The summed E-state index contributed by atoms with van der Waals surface area (Å²) in [5.41, 5.74) is 0.891. The van der Waals surface area contributed by atoms with E-state index in [1.54, 1.807) is 11.0 Å². The van der Waals surface area contributed by atoms with E-state index >= 15 is 0 Å². The third-order valence-electron chi connectivity index (χ3n) is 4.77. The van der Waals surface area contributed by atoms with Crippen LogP contribution in [0.2, 0.25) is 0 Å². The van der Waals surface area contributed by atoms with Gasteiger partial charge in [-0.1, -0.05) is 6.08 Å². The first kappa shape index (κ1) is 8.99. The lowest BCUT2D eigenvalue weighted by atomic mass is 9.80. The van der Waals surface area contributed by atoms with Crippen LogP contribution >= 0.6 is 0 Å². The highest BCUT2D eigenvalue weighted by atomic mass is 16.6. The monoisotopic (exact) mass is 218 g/mol.